The molecule has 3 nitrogen and oxygen atoms in total. The van der Waals surface area contributed by atoms with Crippen molar-refractivity contribution in [1.82, 2.24) is 4.90 Å². The minimum atomic E-state index is -0.247. The average molecular weight is 391 g/mol. The standard InChI is InChI=1S/C25H27FN2O/c1-5-28(6-2)16(4)19-11-10-17(14-21(19)26)24-23(29)13-12-22-25(24)20-9-7-8-18(20)15(3)27-22/h7,9-14,16,27,29H,3,5-6,8H2,1-2,4H3. The van der Waals surface area contributed by atoms with Gasteiger partial charge in [0.2, 0.25) is 0 Å². The quantitative estimate of drug-likeness (QED) is 0.592. The molecule has 0 radical (unpaired) electrons. The van der Waals surface area contributed by atoms with Crippen molar-refractivity contribution >= 4 is 11.3 Å². The minimum Gasteiger partial charge on any atom is -0.507 e. The van der Waals surface area contributed by atoms with Crippen molar-refractivity contribution in [3.63, 3.8) is 0 Å². The highest BCUT2D eigenvalue weighted by Gasteiger charge is 2.27. The number of fused-ring (bicyclic) bond motifs is 2. The fourth-order valence-electron chi connectivity index (χ4n) is 4.52. The van der Waals surface area contributed by atoms with Crippen LogP contribution in [0.4, 0.5) is 10.1 Å². The maximum Gasteiger partial charge on any atom is 0.128 e. The van der Waals surface area contributed by atoms with Crippen LogP contribution in [0, 0.1) is 5.82 Å². The van der Waals surface area contributed by atoms with Crippen LogP contribution in [0.3, 0.4) is 0 Å². The number of anilines is 1. The van der Waals surface area contributed by atoms with Crippen molar-refractivity contribution in [2.45, 2.75) is 33.2 Å². The molecule has 0 amide bonds. The molecule has 29 heavy (non-hydrogen) atoms. The van der Waals surface area contributed by atoms with Gasteiger partial charge in [0.1, 0.15) is 11.6 Å². The first-order chi connectivity index (χ1) is 14.0. The first kappa shape index (κ1) is 19.5. The van der Waals surface area contributed by atoms with Crippen molar-refractivity contribution in [1.29, 1.82) is 0 Å². The molecule has 1 aliphatic heterocycles. The number of hydrogen-bond acceptors (Lipinski definition) is 3. The predicted octanol–water partition coefficient (Wildman–Crippen LogP) is 6.25. The van der Waals surface area contributed by atoms with Crippen LogP contribution in [0.25, 0.3) is 16.7 Å². The Balaban J connectivity index is 1.84. The highest BCUT2D eigenvalue weighted by Crippen LogP contribution is 2.48. The van der Waals surface area contributed by atoms with E-state index in [0.717, 1.165) is 47.6 Å². The molecule has 0 saturated heterocycles. The van der Waals surface area contributed by atoms with Gasteiger partial charge in [-0.2, -0.15) is 0 Å². The molecule has 2 aliphatic rings. The van der Waals surface area contributed by atoms with Gasteiger partial charge in [-0.25, -0.2) is 4.39 Å². The summed E-state index contributed by atoms with van der Waals surface area (Å²) in [6.45, 7) is 12.1. The predicted molar refractivity (Wildman–Crippen MR) is 118 cm³/mol. The largest absolute Gasteiger partial charge is 0.507 e. The van der Waals surface area contributed by atoms with Gasteiger partial charge in [-0.05, 0) is 61.3 Å². The summed E-state index contributed by atoms with van der Waals surface area (Å²) in [5.41, 5.74) is 6.85. The Hall–Kier alpha value is -2.85. The van der Waals surface area contributed by atoms with Gasteiger partial charge in [-0.15, -0.1) is 0 Å². The molecule has 2 aromatic carbocycles. The molecule has 0 aromatic heterocycles. The third-order valence-corrected chi connectivity index (χ3v) is 6.13. The zero-order chi connectivity index (χ0) is 20.7. The number of nitrogens with zero attached hydrogens (tertiary/aromatic N) is 1. The van der Waals surface area contributed by atoms with Crippen LogP contribution in [0.15, 0.2) is 60.3 Å². The zero-order valence-electron chi connectivity index (χ0n) is 17.2. The van der Waals surface area contributed by atoms with Crippen LogP contribution < -0.4 is 5.32 Å². The second kappa shape index (κ2) is 7.53. The second-order valence-electron chi connectivity index (χ2n) is 7.62. The highest BCUT2D eigenvalue weighted by molar-refractivity contribution is 6.00. The van der Waals surface area contributed by atoms with E-state index >= 15 is 4.39 Å². The molecule has 1 unspecified atom stereocenters. The fraction of sp³-hybridized carbons (Fsp3) is 0.280. The van der Waals surface area contributed by atoms with E-state index in [0.29, 0.717) is 16.7 Å². The van der Waals surface area contributed by atoms with Crippen LogP contribution in [0.1, 0.15) is 44.4 Å². The first-order valence-electron chi connectivity index (χ1n) is 10.2. The van der Waals surface area contributed by atoms with E-state index in [-0.39, 0.29) is 17.6 Å². The maximum atomic E-state index is 15.1. The number of halogens is 1. The SMILES string of the molecule is C=C1Nc2ccc(O)c(-c3ccc(C(C)N(CC)CC)c(F)c3)c2C2=C1CC=C2. The summed E-state index contributed by atoms with van der Waals surface area (Å²) in [7, 11) is 0. The summed E-state index contributed by atoms with van der Waals surface area (Å²) in [4.78, 5) is 2.22. The van der Waals surface area contributed by atoms with Gasteiger partial charge >= 0.3 is 0 Å². The Morgan fingerprint density at radius 1 is 1.17 bits per heavy atom. The topological polar surface area (TPSA) is 35.5 Å². The Bertz CT molecular complexity index is 1050. The molecular formula is C25H27FN2O. The molecule has 150 valence electrons. The van der Waals surface area contributed by atoms with Crippen LogP contribution in [0.5, 0.6) is 5.75 Å². The van der Waals surface area contributed by atoms with Gasteiger partial charge in [0.25, 0.3) is 0 Å². The molecular weight excluding hydrogens is 363 g/mol. The van der Waals surface area contributed by atoms with E-state index in [9.17, 15) is 5.11 Å². The molecule has 4 rings (SSSR count). The third-order valence-electron chi connectivity index (χ3n) is 6.13. The Morgan fingerprint density at radius 3 is 2.62 bits per heavy atom. The molecule has 0 spiro atoms. The van der Waals surface area contributed by atoms with Crippen molar-refractivity contribution in [2.75, 3.05) is 18.4 Å². The minimum absolute atomic E-state index is 0.00518. The molecule has 1 heterocycles. The number of hydrogen-bond donors (Lipinski definition) is 2. The molecule has 1 aliphatic carbocycles. The van der Waals surface area contributed by atoms with Gasteiger partial charge in [0.15, 0.2) is 0 Å². The summed E-state index contributed by atoms with van der Waals surface area (Å²) in [6.07, 6.45) is 4.97. The lowest BCUT2D eigenvalue weighted by Gasteiger charge is -2.28. The molecule has 0 bridgehead atoms. The fourth-order valence-corrected chi connectivity index (χ4v) is 4.52. The molecule has 0 saturated carbocycles. The molecule has 4 heteroatoms. The van der Waals surface area contributed by atoms with Crippen LogP contribution in [-0.2, 0) is 0 Å². The lowest BCUT2D eigenvalue weighted by Crippen LogP contribution is -2.27. The van der Waals surface area contributed by atoms with E-state index in [1.165, 1.54) is 0 Å². The van der Waals surface area contributed by atoms with Gasteiger partial charge in [0, 0.05) is 34.1 Å². The zero-order valence-corrected chi connectivity index (χ0v) is 17.2. The summed E-state index contributed by atoms with van der Waals surface area (Å²) >= 11 is 0. The van der Waals surface area contributed by atoms with E-state index in [1.54, 1.807) is 12.1 Å². The van der Waals surface area contributed by atoms with Crippen LogP contribution >= 0.6 is 0 Å². The Kier molecular flexibility index (Phi) is 5.05. The van der Waals surface area contributed by atoms with Crippen LogP contribution in [0.2, 0.25) is 0 Å². The van der Waals surface area contributed by atoms with E-state index < -0.39 is 0 Å². The smallest absolute Gasteiger partial charge is 0.128 e. The Morgan fingerprint density at radius 2 is 1.93 bits per heavy atom. The van der Waals surface area contributed by atoms with Gasteiger partial charge in [-0.1, -0.05) is 44.7 Å². The summed E-state index contributed by atoms with van der Waals surface area (Å²) in [5.74, 6) is -0.0996. The molecule has 2 aromatic rings. The molecule has 0 fully saturated rings. The molecule has 1 atom stereocenters. The number of aromatic hydroxyl groups is 1. The van der Waals surface area contributed by atoms with E-state index in [4.69, 9.17) is 0 Å². The van der Waals surface area contributed by atoms with Crippen molar-refractivity contribution in [3.05, 3.63) is 77.3 Å². The van der Waals surface area contributed by atoms with E-state index in [1.807, 2.05) is 25.1 Å². The van der Waals surface area contributed by atoms with Crippen LogP contribution in [-0.4, -0.2) is 23.1 Å². The summed E-state index contributed by atoms with van der Waals surface area (Å²) in [5, 5.41) is 14.1. The van der Waals surface area contributed by atoms with Gasteiger partial charge in [-0.3, -0.25) is 4.90 Å². The van der Waals surface area contributed by atoms with Gasteiger partial charge in [0.05, 0.1) is 0 Å². The molecule has 2 N–H and O–H groups in total. The van der Waals surface area contributed by atoms with Crippen molar-refractivity contribution < 1.29 is 9.50 Å². The van der Waals surface area contributed by atoms with Gasteiger partial charge < -0.3 is 10.4 Å². The lowest BCUT2D eigenvalue weighted by molar-refractivity contribution is 0.230. The normalized spacial score (nSPS) is 16.1. The lowest BCUT2D eigenvalue weighted by atomic mass is 9.87. The third kappa shape index (κ3) is 3.18. The number of rotatable bonds is 5. The highest BCUT2D eigenvalue weighted by atomic mass is 19.1. The van der Waals surface area contributed by atoms with E-state index in [2.05, 4.69) is 42.8 Å². The number of phenolic OH excluding ortho intramolecular Hbond substituents is 1. The summed E-state index contributed by atoms with van der Waals surface area (Å²) < 4.78 is 15.1. The summed E-state index contributed by atoms with van der Waals surface area (Å²) in [6, 6.07) is 8.81. The second-order valence-corrected chi connectivity index (χ2v) is 7.62. The monoisotopic (exact) mass is 390 g/mol. The van der Waals surface area contributed by atoms with Crippen molar-refractivity contribution in [3.8, 4) is 16.9 Å². The maximum absolute atomic E-state index is 15.1. The Labute approximate surface area is 171 Å². The number of allylic oxidation sites excluding steroid dienone is 4. The van der Waals surface area contributed by atoms with Crippen molar-refractivity contribution in [2.24, 2.45) is 0 Å². The number of benzene rings is 2. The number of phenols is 1. The number of nitrogens with one attached hydrogen (secondary N) is 1. The average Bonchev–Trinajstić information content (AvgIpc) is 3.20. The first-order valence-corrected chi connectivity index (χ1v) is 10.2.